The van der Waals surface area contributed by atoms with E-state index in [0.717, 1.165) is 4.90 Å². The number of hydrogen-bond donors (Lipinski definition) is 2. The third-order valence-corrected chi connectivity index (χ3v) is 5.93. The van der Waals surface area contributed by atoms with Gasteiger partial charge in [-0.15, -0.1) is 24.2 Å². The lowest BCUT2D eigenvalue weighted by atomic mass is 10.2. The summed E-state index contributed by atoms with van der Waals surface area (Å²) >= 11 is 1.36. The highest BCUT2D eigenvalue weighted by molar-refractivity contribution is 7.98. The van der Waals surface area contributed by atoms with Crippen LogP contribution in [0, 0.1) is 0 Å². The third-order valence-electron chi connectivity index (χ3n) is 3.79. The molecule has 1 aliphatic rings. The number of alkyl halides is 3. The Morgan fingerprint density at radius 2 is 1.96 bits per heavy atom. The first-order valence-corrected chi connectivity index (χ1v) is 10.1. The molecule has 1 saturated heterocycles. The van der Waals surface area contributed by atoms with Crippen LogP contribution in [-0.2, 0) is 10.0 Å². The van der Waals surface area contributed by atoms with E-state index in [1.54, 1.807) is 18.4 Å². The average molecular weight is 420 g/mol. The van der Waals surface area contributed by atoms with Crippen LogP contribution in [0.15, 0.2) is 34.1 Å². The van der Waals surface area contributed by atoms with Crippen LogP contribution in [0.5, 0.6) is 0 Å². The fourth-order valence-electron chi connectivity index (χ4n) is 2.49. The third kappa shape index (κ3) is 6.30. The standard InChI is InChI=1S/C14H20F3N3O2S2.ClH/c1-23-11-3-2-4-12(9-11)24(21,22)19-10-13(14(15,16)17)20-7-5-18-6-8-20;/h2-4,9,13,18-19H,5-8,10H2,1H3;1H. The van der Waals surface area contributed by atoms with E-state index in [1.807, 2.05) is 0 Å². The van der Waals surface area contributed by atoms with Gasteiger partial charge in [-0.25, -0.2) is 13.1 Å². The van der Waals surface area contributed by atoms with Crippen LogP contribution in [0.2, 0.25) is 0 Å². The molecule has 1 fully saturated rings. The second-order valence-electron chi connectivity index (χ2n) is 5.37. The SMILES string of the molecule is CSc1cccc(S(=O)(=O)NCC(N2CCNCC2)C(F)(F)F)c1.Cl. The van der Waals surface area contributed by atoms with Crippen LogP contribution in [0.3, 0.4) is 0 Å². The molecule has 0 aromatic heterocycles. The highest BCUT2D eigenvalue weighted by atomic mass is 35.5. The Labute approximate surface area is 156 Å². The smallest absolute Gasteiger partial charge is 0.314 e. The monoisotopic (exact) mass is 419 g/mol. The highest BCUT2D eigenvalue weighted by Crippen LogP contribution is 2.25. The van der Waals surface area contributed by atoms with E-state index in [2.05, 4.69) is 10.0 Å². The Kier molecular flexibility index (Phi) is 8.49. The molecule has 1 unspecified atom stereocenters. The van der Waals surface area contributed by atoms with Crippen molar-refractivity contribution in [2.24, 2.45) is 0 Å². The molecule has 1 aromatic carbocycles. The number of benzene rings is 1. The van der Waals surface area contributed by atoms with Crippen LogP contribution in [0.25, 0.3) is 0 Å². The zero-order valence-electron chi connectivity index (χ0n) is 13.5. The minimum atomic E-state index is -4.50. The van der Waals surface area contributed by atoms with E-state index >= 15 is 0 Å². The molecular formula is C14H21ClF3N3O2S2. The van der Waals surface area contributed by atoms with Gasteiger partial charge in [0.15, 0.2) is 0 Å². The van der Waals surface area contributed by atoms with E-state index in [0.29, 0.717) is 13.1 Å². The number of sulfonamides is 1. The van der Waals surface area contributed by atoms with Crippen molar-refractivity contribution < 1.29 is 21.6 Å². The van der Waals surface area contributed by atoms with Crippen molar-refractivity contribution in [2.45, 2.75) is 22.0 Å². The molecule has 0 bridgehead atoms. The zero-order chi connectivity index (χ0) is 17.8. The Bertz CT molecular complexity index is 653. The molecule has 2 N–H and O–H groups in total. The molecule has 1 aromatic rings. The van der Waals surface area contributed by atoms with Gasteiger partial charge in [0, 0.05) is 37.6 Å². The first-order valence-electron chi connectivity index (χ1n) is 7.39. The van der Waals surface area contributed by atoms with Crippen molar-refractivity contribution in [1.29, 1.82) is 0 Å². The second-order valence-corrected chi connectivity index (χ2v) is 8.02. The highest BCUT2D eigenvalue weighted by Gasteiger charge is 2.44. The summed E-state index contributed by atoms with van der Waals surface area (Å²) in [7, 11) is -3.99. The molecule has 5 nitrogen and oxygen atoms in total. The zero-order valence-corrected chi connectivity index (χ0v) is 16.0. The molecule has 1 aliphatic heterocycles. The fourth-order valence-corrected chi connectivity index (χ4v) is 4.10. The number of nitrogens with zero attached hydrogens (tertiary/aromatic N) is 1. The summed E-state index contributed by atoms with van der Waals surface area (Å²) in [6.45, 7) is 0.668. The molecule has 1 atom stereocenters. The predicted octanol–water partition coefficient (Wildman–Crippen LogP) is 1.94. The van der Waals surface area contributed by atoms with Gasteiger partial charge >= 0.3 is 6.18 Å². The van der Waals surface area contributed by atoms with Crippen molar-refractivity contribution in [2.75, 3.05) is 39.0 Å². The summed E-state index contributed by atoms with van der Waals surface area (Å²) in [4.78, 5) is 1.96. The summed E-state index contributed by atoms with van der Waals surface area (Å²) in [6, 6.07) is 4.29. The lowest BCUT2D eigenvalue weighted by molar-refractivity contribution is -0.182. The topological polar surface area (TPSA) is 61.4 Å². The van der Waals surface area contributed by atoms with E-state index in [9.17, 15) is 21.6 Å². The Hall–Kier alpha value is -0.520. The molecule has 1 heterocycles. The molecule has 25 heavy (non-hydrogen) atoms. The van der Waals surface area contributed by atoms with E-state index in [1.165, 1.54) is 28.8 Å². The van der Waals surface area contributed by atoms with Gasteiger partial charge in [0.2, 0.25) is 10.0 Å². The lowest BCUT2D eigenvalue weighted by Crippen LogP contribution is -2.57. The molecule has 144 valence electrons. The molecular weight excluding hydrogens is 399 g/mol. The maximum absolute atomic E-state index is 13.3. The molecule has 0 saturated carbocycles. The van der Waals surface area contributed by atoms with Gasteiger partial charge in [0.05, 0.1) is 4.90 Å². The number of halogens is 4. The number of hydrogen-bond acceptors (Lipinski definition) is 5. The summed E-state index contributed by atoms with van der Waals surface area (Å²) in [5, 5.41) is 2.98. The maximum atomic E-state index is 13.3. The number of rotatable bonds is 6. The largest absolute Gasteiger partial charge is 0.405 e. The second kappa shape index (κ2) is 9.43. The Morgan fingerprint density at radius 3 is 2.52 bits per heavy atom. The quantitative estimate of drug-likeness (QED) is 0.690. The van der Waals surface area contributed by atoms with Gasteiger partial charge in [0.1, 0.15) is 6.04 Å². The molecule has 11 heteroatoms. The summed E-state index contributed by atoms with van der Waals surface area (Å²) in [5.41, 5.74) is 0. The van der Waals surface area contributed by atoms with Crippen LogP contribution in [0.1, 0.15) is 0 Å². The molecule has 0 spiro atoms. The Balaban J connectivity index is 0.00000312. The minimum absolute atomic E-state index is 0. The van der Waals surface area contributed by atoms with Crippen molar-refractivity contribution in [3.8, 4) is 0 Å². The Morgan fingerprint density at radius 1 is 1.32 bits per heavy atom. The number of nitrogens with one attached hydrogen (secondary N) is 2. The summed E-state index contributed by atoms with van der Waals surface area (Å²) in [5.74, 6) is 0. The van der Waals surface area contributed by atoms with Crippen molar-refractivity contribution in [1.82, 2.24) is 14.9 Å². The first-order chi connectivity index (χ1) is 11.2. The first kappa shape index (κ1) is 22.5. The van der Waals surface area contributed by atoms with Gasteiger partial charge in [0.25, 0.3) is 0 Å². The lowest BCUT2D eigenvalue weighted by Gasteiger charge is -2.35. The number of piperazine rings is 1. The average Bonchev–Trinajstić information content (AvgIpc) is 2.54. The van der Waals surface area contributed by atoms with Crippen LogP contribution < -0.4 is 10.0 Å². The molecule has 2 rings (SSSR count). The van der Waals surface area contributed by atoms with Crippen LogP contribution in [-0.4, -0.2) is 64.5 Å². The van der Waals surface area contributed by atoms with Gasteiger partial charge < -0.3 is 5.32 Å². The molecule has 0 radical (unpaired) electrons. The van der Waals surface area contributed by atoms with E-state index < -0.39 is 28.8 Å². The van der Waals surface area contributed by atoms with Crippen LogP contribution >= 0.6 is 24.2 Å². The molecule has 0 aliphatic carbocycles. The normalized spacial score (nSPS) is 17.8. The summed E-state index contributed by atoms with van der Waals surface area (Å²) in [6.07, 6.45) is -2.70. The fraction of sp³-hybridized carbons (Fsp3) is 0.571. The minimum Gasteiger partial charge on any atom is -0.314 e. The van der Waals surface area contributed by atoms with Crippen molar-refractivity contribution in [3.05, 3.63) is 24.3 Å². The number of thioether (sulfide) groups is 1. The van der Waals surface area contributed by atoms with Crippen molar-refractivity contribution in [3.63, 3.8) is 0 Å². The van der Waals surface area contributed by atoms with Gasteiger partial charge in [-0.05, 0) is 24.5 Å². The van der Waals surface area contributed by atoms with E-state index in [4.69, 9.17) is 0 Å². The van der Waals surface area contributed by atoms with E-state index in [-0.39, 0.29) is 30.4 Å². The predicted molar refractivity (Wildman–Crippen MR) is 94.9 cm³/mol. The van der Waals surface area contributed by atoms with Crippen LogP contribution in [0.4, 0.5) is 13.2 Å². The van der Waals surface area contributed by atoms with Crippen molar-refractivity contribution >= 4 is 34.2 Å². The van der Waals surface area contributed by atoms with Gasteiger partial charge in [-0.1, -0.05) is 6.07 Å². The van der Waals surface area contributed by atoms with Gasteiger partial charge in [-0.2, -0.15) is 13.2 Å². The van der Waals surface area contributed by atoms with Gasteiger partial charge in [-0.3, -0.25) is 4.90 Å². The maximum Gasteiger partial charge on any atom is 0.405 e. The summed E-state index contributed by atoms with van der Waals surface area (Å²) < 4.78 is 66.6. The molecule has 0 amide bonds.